The summed E-state index contributed by atoms with van der Waals surface area (Å²) >= 11 is 2.79. The van der Waals surface area contributed by atoms with Gasteiger partial charge in [-0.1, -0.05) is 0 Å². The molecule has 0 aliphatic rings. The number of alkyl halides is 3. The molecule has 1 aromatic rings. The normalized spacial score (nSPS) is 13.7. The van der Waals surface area contributed by atoms with Crippen molar-refractivity contribution in [3.63, 3.8) is 0 Å². The van der Waals surface area contributed by atoms with Crippen molar-refractivity contribution in [1.29, 1.82) is 0 Å². The van der Waals surface area contributed by atoms with Gasteiger partial charge in [0.2, 0.25) is 0 Å². The molecule has 0 fully saturated rings. The molecule has 1 atom stereocenters. The standard InChI is InChI=1S/C8H7BrF3NO2/c1-5(15-4-14)13-3-2-6(9)7(13)8(10,11)12/h2-5H,1H3. The molecule has 0 amide bonds. The third kappa shape index (κ3) is 2.53. The maximum Gasteiger partial charge on any atom is 0.432 e. The Morgan fingerprint density at radius 1 is 1.60 bits per heavy atom. The van der Waals surface area contributed by atoms with Crippen LogP contribution in [0.2, 0.25) is 0 Å². The average molecular weight is 286 g/mol. The van der Waals surface area contributed by atoms with E-state index in [2.05, 4.69) is 20.7 Å². The van der Waals surface area contributed by atoms with Crippen LogP contribution >= 0.6 is 15.9 Å². The summed E-state index contributed by atoms with van der Waals surface area (Å²) in [6.07, 6.45) is -4.30. The highest BCUT2D eigenvalue weighted by Gasteiger charge is 2.37. The first-order valence-corrected chi connectivity index (χ1v) is 4.70. The lowest BCUT2D eigenvalue weighted by Gasteiger charge is -2.17. The zero-order valence-corrected chi connectivity index (χ0v) is 9.17. The molecule has 15 heavy (non-hydrogen) atoms. The van der Waals surface area contributed by atoms with Crippen molar-refractivity contribution in [3.05, 3.63) is 22.4 Å². The second kappa shape index (κ2) is 4.26. The van der Waals surface area contributed by atoms with Crippen LogP contribution in [0.1, 0.15) is 18.8 Å². The molecule has 0 aliphatic heterocycles. The number of halogens is 4. The van der Waals surface area contributed by atoms with E-state index in [-0.39, 0.29) is 10.9 Å². The molecule has 0 saturated heterocycles. The second-order valence-electron chi connectivity index (χ2n) is 2.75. The third-order valence-electron chi connectivity index (χ3n) is 1.78. The van der Waals surface area contributed by atoms with E-state index in [0.29, 0.717) is 0 Å². The Balaban J connectivity index is 3.14. The molecule has 0 aromatic carbocycles. The number of rotatable bonds is 3. The topological polar surface area (TPSA) is 31.2 Å². The van der Waals surface area contributed by atoms with Crippen LogP contribution in [0, 0.1) is 0 Å². The first-order chi connectivity index (χ1) is 6.88. The molecule has 0 bridgehead atoms. The Hall–Kier alpha value is -0.980. The predicted octanol–water partition coefficient (Wildman–Crippen LogP) is 2.96. The second-order valence-corrected chi connectivity index (χ2v) is 3.60. The molecular formula is C8H7BrF3NO2. The zero-order chi connectivity index (χ0) is 11.6. The number of hydrogen-bond donors (Lipinski definition) is 0. The summed E-state index contributed by atoms with van der Waals surface area (Å²) in [5.41, 5.74) is -0.878. The Labute approximate surface area is 91.9 Å². The molecule has 3 nitrogen and oxygen atoms in total. The van der Waals surface area contributed by atoms with E-state index < -0.39 is 18.1 Å². The van der Waals surface area contributed by atoms with Crippen molar-refractivity contribution in [2.45, 2.75) is 19.3 Å². The number of hydrogen-bond acceptors (Lipinski definition) is 2. The fourth-order valence-corrected chi connectivity index (χ4v) is 1.70. The van der Waals surface area contributed by atoms with Gasteiger partial charge in [0.25, 0.3) is 6.47 Å². The summed E-state index contributed by atoms with van der Waals surface area (Å²) in [5, 5.41) is 0. The maximum atomic E-state index is 12.5. The van der Waals surface area contributed by atoms with Crippen LogP contribution in [-0.4, -0.2) is 11.0 Å². The summed E-state index contributed by atoms with van der Waals surface area (Å²) in [6, 6.07) is 1.24. The summed E-state index contributed by atoms with van der Waals surface area (Å²) < 4.78 is 42.8. The molecule has 1 aromatic heterocycles. The van der Waals surface area contributed by atoms with E-state index in [0.717, 1.165) is 4.57 Å². The van der Waals surface area contributed by atoms with Crippen LogP contribution in [-0.2, 0) is 15.7 Å². The Bertz CT molecular complexity index is 361. The van der Waals surface area contributed by atoms with Gasteiger partial charge in [-0.3, -0.25) is 4.79 Å². The molecule has 0 radical (unpaired) electrons. The fraction of sp³-hybridized carbons (Fsp3) is 0.375. The van der Waals surface area contributed by atoms with E-state index in [1.165, 1.54) is 19.2 Å². The summed E-state index contributed by atoms with van der Waals surface area (Å²) in [4.78, 5) is 10.0. The van der Waals surface area contributed by atoms with Crippen LogP contribution in [0.5, 0.6) is 0 Å². The summed E-state index contributed by atoms with van der Waals surface area (Å²) in [5.74, 6) is 0. The third-order valence-corrected chi connectivity index (χ3v) is 2.42. The molecule has 0 N–H and O–H groups in total. The van der Waals surface area contributed by atoms with Crippen LogP contribution in [0.15, 0.2) is 16.7 Å². The van der Waals surface area contributed by atoms with E-state index in [1.807, 2.05) is 0 Å². The van der Waals surface area contributed by atoms with Crippen molar-refractivity contribution in [1.82, 2.24) is 4.57 Å². The molecule has 84 valence electrons. The highest BCUT2D eigenvalue weighted by Crippen LogP contribution is 2.37. The van der Waals surface area contributed by atoms with Gasteiger partial charge in [-0.2, -0.15) is 13.2 Å². The average Bonchev–Trinajstić information content (AvgIpc) is 2.46. The van der Waals surface area contributed by atoms with Crippen LogP contribution in [0.3, 0.4) is 0 Å². The Morgan fingerprint density at radius 3 is 2.67 bits per heavy atom. The van der Waals surface area contributed by atoms with E-state index in [9.17, 15) is 18.0 Å². The van der Waals surface area contributed by atoms with E-state index >= 15 is 0 Å². The number of ether oxygens (including phenoxy) is 1. The van der Waals surface area contributed by atoms with Crippen LogP contribution in [0.25, 0.3) is 0 Å². The minimum absolute atomic E-state index is 0.0867. The lowest BCUT2D eigenvalue weighted by molar-refractivity contribution is -0.153. The van der Waals surface area contributed by atoms with Crippen molar-refractivity contribution >= 4 is 22.4 Å². The SMILES string of the molecule is CC(OC=O)n1ccc(Br)c1C(F)(F)F. The molecule has 0 saturated carbocycles. The molecule has 7 heteroatoms. The number of aromatic nitrogens is 1. The van der Waals surface area contributed by atoms with Gasteiger partial charge in [-0.25, -0.2) is 0 Å². The van der Waals surface area contributed by atoms with Crippen molar-refractivity contribution < 1.29 is 22.7 Å². The number of carbonyl (C=O) groups is 1. The highest BCUT2D eigenvalue weighted by atomic mass is 79.9. The molecule has 0 aliphatic carbocycles. The highest BCUT2D eigenvalue weighted by molar-refractivity contribution is 9.10. The largest absolute Gasteiger partial charge is 0.444 e. The molecule has 1 unspecified atom stereocenters. The summed E-state index contributed by atoms with van der Waals surface area (Å²) in [7, 11) is 0. The van der Waals surface area contributed by atoms with Crippen molar-refractivity contribution in [3.8, 4) is 0 Å². The summed E-state index contributed by atoms with van der Waals surface area (Å²) in [6.45, 7) is 1.45. The minimum Gasteiger partial charge on any atom is -0.444 e. The molecule has 0 spiro atoms. The van der Waals surface area contributed by atoms with E-state index in [4.69, 9.17) is 0 Å². The molecule has 1 rings (SSSR count). The first-order valence-electron chi connectivity index (χ1n) is 3.90. The van der Waals surface area contributed by atoms with Gasteiger partial charge in [0, 0.05) is 10.7 Å². The van der Waals surface area contributed by atoms with Gasteiger partial charge in [0.05, 0.1) is 0 Å². The lowest BCUT2D eigenvalue weighted by Crippen LogP contribution is -2.18. The van der Waals surface area contributed by atoms with Gasteiger partial charge in [-0.05, 0) is 28.9 Å². The van der Waals surface area contributed by atoms with Gasteiger partial charge in [0.1, 0.15) is 5.69 Å². The van der Waals surface area contributed by atoms with Gasteiger partial charge < -0.3 is 9.30 Å². The van der Waals surface area contributed by atoms with Crippen molar-refractivity contribution in [2.75, 3.05) is 0 Å². The zero-order valence-electron chi connectivity index (χ0n) is 7.58. The van der Waals surface area contributed by atoms with E-state index in [1.54, 1.807) is 0 Å². The lowest BCUT2D eigenvalue weighted by atomic mass is 10.4. The molecular weight excluding hydrogens is 279 g/mol. The predicted molar refractivity (Wildman–Crippen MR) is 49.0 cm³/mol. The smallest absolute Gasteiger partial charge is 0.432 e. The minimum atomic E-state index is -4.50. The quantitative estimate of drug-likeness (QED) is 0.800. The van der Waals surface area contributed by atoms with Crippen LogP contribution < -0.4 is 0 Å². The van der Waals surface area contributed by atoms with Gasteiger partial charge in [-0.15, -0.1) is 0 Å². The first kappa shape index (κ1) is 12.1. The Kier molecular flexibility index (Phi) is 3.43. The molecule has 1 heterocycles. The number of nitrogens with zero attached hydrogens (tertiary/aromatic N) is 1. The Morgan fingerprint density at radius 2 is 2.20 bits per heavy atom. The van der Waals surface area contributed by atoms with Crippen molar-refractivity contribution in [2.24, 2.45) is 0 Å². The monoisotopic (exact) mass is 285 g/mol. The maximum absolute atomic E-state index is 12.5. The van der Waals surface area contributed by atoms with Gasteiger partial charge in [0.15, 0.2) is 6.23 Å². The van der Waals surface area contributed by atoms with Crippen LogP contribution in [0.4, 0.5) is 13.2 Å². The number of carbonyl (C=O) groups excluding carboxylic acids is 1. The fourth-order valence-electron chi connectivity index (χ4n) is 1.15. The van der Waals surface area contributed by atoms with Gasteiger partial charge >= 0.3 is 6.18 Å².